The number of nitrogens with zero attached hydrogens (tertiary/aromatic N) is 3. The zero-order valence-corrected chi connectivity index (χ0v) is 11.9. The zero-order chi connectivity index (χ0) is 16.0. The fraction of sp³-hybridized carbons (Fsp3) is 0.0588. The number of hydrogen-bond acceptors (Lipinski definition) is 5. The highest BCUT2D eigenvalue weighted by atomic mass is 16.3. The molecule has 0 aliphatic heterocycles. The largest absolute Gasteiger partial charge is 0.390 e. The maximum absolute atomic E-state index is 12.9. The normalized spacial score (nSPS) is 12.9. The van der Waals surface area contributed by atoms with Crippen molar-refractivity contribution in [1.29, 1.82) is 0 Å². The van der Waals surface area contributed by atoms with Crippen molar-refractivity contribution in [2.75, 3.05) is 0 Å². The highest BCUT2D eigenvalue weighted by Gasteiger charge is 2.32. The van der Waals surface area contributed by atoms with Crippen LogP contribution in [-0.4, -0.2) is 31.7 Å². The van der Waals surface area contributed by atoms with Crippen molar-refractivity contribution in [1.82, 2.24) is 15.0 Å². The number of ketones is 2. The summed E-state index contributed by atoms with van der Waals surface area (Å²) < 4.78 is 1.39. The molecule has 1 N–H and O–H groups in total. The van der Waals surface area contributed by atoms with Crippen LogP contribution in [0.25, 0.3) is 5.69 Å². The second kappa shape index (κ2) is 4.96. The zero-order valence-electron chi connectivity index (χ0n) is 11.9. The van der Waals surface area contributed by atoms with Crippen molar-refractivity contribution in [3.05, 3.63) is 76.6 Å². The summed E-state index contributed by atoms with van der Waals surface area (Å²) in [6.07, 6.45) is 1.42. The number of aliphatic hydroxyl groups is 1. The van der Waals surface area contributed by atoms with Crippen LogP contribution in [0.5, 0.6) is 0 Å². The molecule has 0 fully saturated rings. The molecule has 0 amide bonds. The molecular formula is C17H11N3O3. The van der Waals surface area contributed by atoms with Gasteiger partial charge in [-0.25, -0.2) is 4.68 Å². The summed E-state index contributed by atoms with van der Waals surface area (Å²) in [5, 5.41) is 17.1. The predicted octanol–water partition coefficient (Wildman–Crippen LogP) is 1.53. The van der Waals surface area contributed by atoms with E-state index in [1.807, 2.05) is 0 Å². The Morgan fingerprint density at radius 2 is 1.61 bits per heavy atom. The lowest BCUT2D eigenvalue weighted by molar-refractivity contribution is 0.0979. The minimum atomic E-state index is -0.268. The van der Waals surface area contributed by atoms with Crippen LogP contribution in [0.3, 0.4) is 0 Å². The fourth-order valence-electron chi connectivity index (χ4n) is 2.87. The summed E-state index contributed by atoms with van der Waals surface area (Å²) in [6.45, 7) is -0.268. The average Bonchev–Trinajstić information content (AvgIpc) is 3.07. The van der Waals surface area contributed by atoms with Crippen molar-refractivity contribution in [2.24, 2.45) is 0 Å². The van der Waals surface area contributed by atoms with Gasteiger partial charge in [0.05, 0.1) is 29.7 Å². The Morgan fingerprint density at radius 3 is 2.35 bits per heavy atom. The van der Waals surface area contributed by atoms with E-state index in [1.54, 1.807) is 42.5 Å². The SMILES string of the molecule is O=C1c2ccccc2C(=O)c2c1cccc2-n1nncc1CO. The monoisotopic (exact) mass is 305 g/mol. The first-order valence-corrected chi connectivity index (χ1v) is 7.04. The summed E-state index contributed by atoms with van der Waals surface area (Å²) in [7, 11) is 0. The van der Waals surface area contributed by atoms with Gasteiger partial charge in [0, 0.05) is 16.7 Å². The Hall–Kier alpha value is -3.12. The molecule has 6 nitrogen and oxygen atoms in total. The number of hydrogen-bond donors (Lipinski definition) is 1. The Balaban J connectivity index is 2.01. The number of carbonyl (C=O) groups is 2. The van der Waals surface area contributed by atoms with Gasteiger partial charge >= 0.3 is 0 Å². The van der Waals surface area contributed by atoms with Crippen molar-refractivity contribution >= 4 is 11.6 Å². The van der Waals surface area contributed by atoms with Gasteiger partial charge in [-0.3, -0.25) is 9.59 Å². The smallest absolute Gasteiger partial charge is 0.196 e. The molecule has 6 heteroatoms. The number of aromatic nitrogens is 3. The molecule has 1 aliphatic carbocycles. The topological polar surface area (TPSA) is 85.1 Å². The van der Waals surface area contributed by atoms with Crippen molar-refractivity contribution in [3.63, 3.8) is 0 Å². The van der Waals surface area contributed by atoms with E-state index < -0.39 is 0 Å². The molecule has 23 heavy (non-hydrogen) atoms. The van der Waals surface area contributed by atoms with Gasteiger partial charge in [-0.2, -0.15) is 0 Å². The first-order chi connectivity index (χ1) is 11.2. The second-order valence-corrected chi connectivity index (χ2v) is 5.20. The highest BCUT2D eigenvalue weighted by molar-refractivity contribution is 6.29. The molecule has 1 aliphatic rings. The molecule has 0 spiro atoms. The second-order valence-electron chi connectivity index (χ2n) is 5.20. The number of rotatable bonds is 2. The Kier molecular flexibility index (Phi) is 2.92. The van der Waals surface area contributed by atoms with E-state index >= 15 is 0 Å². The van der Waals surface area contributed by atoms with Crippen LogP contribution in [0.4, 0.5) is 0 Å². The third kappa shape index (κ3) is 1.85. The molecule has 0 radical (unpaired) electrons. The summed E-state index contributed by atoms with van der Waals surface area (Å²) in [5.74, 6) is -0.423. The van der Waals surface area contributed by atoms with Crippen LogP contribution in [-0.2, 0) is 6.61 Å². The first-order valence-electron chi connectivity index (χ1n) is 7.04. The molecule has 0 saturated heterocycles. The van der Waals surface area contributed by atoms with E-state index in [0.717, 1.165) is 0 Å². The van der Waals surface area contributed by atoms with Crippen LogP contribution in [0.1, 0.15) is 37.5 Å². The molecule has 0 saturated carbocycles. The van der Waals surface area contributed by atoms with Gasteiger partial charge in [-0.15, -0.1) is 5.10 Å². The lowest BCUT2D eigenvalue weighted by atomic mass is 9.83. The minimum Gasteiger partial charge on any atom is -0.390 e. The third-order valence-corrected chi connectivity index (χ3v) is 3.94. The predicted molar refractivity (Wildman–Crippen MR) is 80.6 cm³/mol. The molecule has 4 rings (SSSR count). The van der Waals surface area contributed by atoms with Gasteiger partial charge in [-0.1, -0.05) is 41.6 Å². The number of carbonyl (C=O) groups excluding carboxylic acids is 2. The van der Waals surface area contributed by atoms with Crippen LogP contribution < -0.4 is 0 Å². The third-order valence-electron chi connectivity index (χ3n) is 3.94. The van der Waals surface area contributed by atoms with Gasteiger partial charge < -0.3 is 5.11 Å². The summed E-state index contributed by atoms with van der Waals surface area (Å²) in [6, 6.07) is 11.8. The summed E-state index contributed by atoms with van der Waals surface area (Å²) >= 11 is 0. The van der Waals surface area contributed by atoms with E-state index in [4.69, 9.17) is 0 Å². The first kappa shape index (κ1) is 13.5. The van der Waals surface area contributed by atoms with Crippen molar-refractivity contribution in [3.8, 4) is 5.69 Å². The molecule has 3 aromatic rings. The Labute approximate surface area is 131 Å². The highest BCUT2D eigenvalue weighted by Crippen LogP contribution is 2.31. The summed E-state index contributed by atoms with van der Waals surface area (Å²) in [4.78, 5) is 25.6. The maximum atomic E-state index is 12.9. The molecule has 2 aromatic carbocycles. The molecular weight excluding hydrogens is 294 g/mol. The molecule has 0 unspecified atom stereocenters. The maximum Gasteiger partial charge on any atom is 0.196 e. The summed E-state index contributed by atoms with van der Waals surface area (Å²) in [5.41, 5.74) is 2.29. The molecule has 112 valence electrons. The average molecular weight is 305 g/mol. The van der Waals surface area contributed by atoms with Crippen molar-refractivity contribution < 1.29 is 14.7 Å². The van der Waals surface area contributed by atoms with Gasteiger partial charge in [-0.05, 0) is 6.07 Å². The van der Waals surface area contributed by atoms with E-state index in [0.29, 0.717) is 28.1 Å². The van der Waals surface area contributed by atoms with Gasteiger partial charge in [0.25, 0.3) is 0 Å². The fourth-order valence-corrected chi connectivity index (χ4v) is 2.87. The van der Waals surface area contributed by atoms with Gasteiger partial charge in [0.2, 0.25) is 0 Å². The quantitative estimate of drug-likeness (QED) is 0.607. The van der Waals surface area contributed by atoms with E-state index in [2.05, 4.69) is 10.3 Å². The van der Waals surface area contributed by atoms with Crippen LogP contribution in [0.2, 0.25) is 0 Å². The van der Waals surface area contributed by atoms with Crippen LogP contribution in [0.15, 0.2) is 48.7 Å². The molecule has 1 aromatic heterocycles. The van der Waals surface area contributed by atoms with Crippen LogP contribution >= 0.6 is 0 Å². The van der Waals surface area contributed by atoms with E-state index in [9.17, 15) is 14.7 Å². The number of fused-ring (bicyclic) bond motifs is 2. The standard InChI is InChI=1S/C17H11N3O3/c21-9-10-8-18-19-20(10)14-7-3-6-13-15(14)17(23)12-5-2-1-4-11(12)16(13)22/h1-8,21H,9H2. The van der Waals surface area contributed by atoms with Crippen LogP contribution in [0, 0.1) is 0 Å². The molecule has 1 heterocycles. The number of benzene rings is 2. The molecule has 0 atom stereocenters. The molecule has 0 bridgehead atoms. The van der Waals surface area contributed by atoms with Crippen molar-refractivity contribution in [2.45, 2.75) is 6.61 Å². The van der Waals surface area contributed by atoms with Gasteiger partial charge in [0.15, 0.2) is 11.6 Å². The minimum absolute atomic E-state index is 0.192. The lowest BCUT2D eigenvalue weighted by Gasteiger charge is -2.20. The Morgan fingerprint density at radius 1 is 0.913 bits per heavy atom. The number of aliphatic hydroxyl groups excluding tert-OH is 1. The Bertz CT molecular complexity index is 959. The van der Waals surface area contributed by atoms with E-state index in [-0.39, 0.29) is 23.7 Å². The van der Waals surface area contributed by atoms with E-state index in [1.165, 1.54) is 10.9 Å². The van der Waals surface area contributed by atoms with Gasteiger partial charge in [0.1, 0.15) is 0 Å². The lowest BCUT2D eigenvalue weighted by Crippen LogP contribution is -2.23.